The zero-order chi connectivity index (χ0) is 21.3. The fourth-order valence-corrected chi connectivity index (χ4v) is 5.37. The first kappa shape index (κ1) is 20.0. The van der Waals surface area contributed by atoms with Gasteiger partial charge in [0, 0.05) is 13.1 Å². The predicted octanol–water partition coefficient (Wildman–Crippen LogP) is 3.06. The molecule has 1 heterocycles. The molecule has 0 aliphatic carbocycles. The summed E-state index contributed by atoms with van der Waals surface area (Å²) in [7, 11) is -3.98. The Bertz CT molecular complexity index is 1160. The van der Waals surface area contributed by atoms with Crippen molar-refractivity contribution in [1.29, 1.82) is 0 Å². The number of amides is 1. The second-order valence-corrected chi connectivity index (χ2v) is 9.20. The average molecular weight is 422 g/mol. The van der Waals surface area contributed by atoms with Gasteiger partial charge in [-0.25, -0.2) is 12.7 Å². The molecule has 1 aliphatic rings. The Kier molecular flexibility index (Phi) is 5.22. The van der Waals surface area contributed by atoms with Crippen molar-refractivity contribution >= 4 is 27.3 Å². The van der Waals surface area contributed by atoms with E-state index < -0.39 is 22.0 Å². The van der Waals surface area contributed by atoms with Crippen molar-refractivity contribution in [2.45, 2.75) is 24.4 Å². The number of sulfonamides is 1. The Balaban J connectivity index is 1.82. The van der Waals surface area contributed by atoms with Crippen LogP contribution in [0.2, 0.25) is 0 Å². The third kappa shape index (κ3) is 3.64. The van der Waals surface area contributed by atoms with Gasteiger partial charge >= 0.3 is 0 Å². The van der Waals surface area contributed by atoms with E-state index >= 15 is 0 Å². The van der Waals surface area contributed by atoms with Gasteiger partial charge in [0.05, 0.1) is 16.3 Å². The highest BCUT2D eigenvalue weighted by atomic mass is 32.2. The summed E-state index contributed by atoms with van der Waals surface area (Å²) in [6, 6.07) is 22.6. The molecule has 0 saturated heterocycles. The van der Waals surface area contributed by atoms with Gasteiger partial charge in [0.15, 0.2) is 0 Å². The van der Waals surface area contributed by atoms with Gasteiger partial charge in [-0.3, -0.25) is 4.79 Å². The number of nitrogens with two attached hydrogens (primary N) is 1. The molecule has 0 unspecified atom stereocenters. The van der Waals surface area contributed by atoms with Gasteiger partial charge < -0.3 is 10.6 Å². The minimum atomic E-state index is -3.98. The molecule has 0 bridgehead atoms. The first-order valence-electron chi connectivity index (χ1n) is 9.66. The molecule has 1 atom stereocenters. The van der Waals surface area contributed by atoms with E-state index in [9.17, 15) is 13.2 Å². The number of primary amides is 1. The monoisotopic (exact) mass is 421 g/mol. The van der Waals surface area contributed by atoms with Gasteiger partial charge in [-0.15, -0.1) is 0 Å². The summed E-state index contributed by atoms with van der Waals surface area (Å²) in [6.07, 6.45) is 0. The molecule has 7 heteroatoms. The molecule has 6 nitrogen and oxygen atoms in total. The van der Waals surface area contributed by atoms with Gasteiger partial charge in [-0.2, -0.15) is 0 Å². The van der Waals surface area contributed by atoms with Gasteiger partial charge in [0.2, 0.25) is 5.91 Å². The minimum Gasteiger partial charge on any atom is -0.368 e. The van der Waals surface area contributed by atoms with E-state index in [0.29, 0.717) is 12.2 Å². The zero-order valence-electron chi connectivity index (χ0n) is 16.6. The molecule has 154 valence electrons. The number of carbonyl (C=O) groups is 1. The van der Waals surface area contributed by atoms with Crippen LogP contribution in [0.1, 0.15) is 11.1 Å². The SMILES string of the molecule is Cc1ccc(S(=O)(=O)N2c3ccccc3N(Cc3ccccc3)C[C@H]2C(N)=O)cc1. The number of hydrogen-bond acceptors (Lipinski definition) is 4. The van der Waals surface area contributed by atoms with Gasteiger partial charge in [-0.1, -0.05) is 60.2 Å². The first-order chi connectivity index (χ1) is 14.4. The largest absolute Gasteiger partial charge is 0.368 e. The third-order valence-corrected chi connectivity index (χ3v) is 7.10. The minimum absolute atomic E-state index is 0.130. The number of carbonyl (C=O) groups excluding carboxylic acids is 1. The fraction of sp³-hybridized carbons (Fsp3) is 0.174. The van der Waals surface area contributed by atoms with E-state index in [1.54, 1.807) is 36.4 Å². The van der Waals surface area contributed by atoms with Crippen LogP contribution in [0.15, 0.2) is 83.8 Å². The number of rotatable bonds is 5. The van der Waals surface area contributed by atoms with Crippen LogP contribution in [0.3, 0.4) is 0 Å². The second kappa shape index (κ2) is 7.84. The van der Waals surface area contributed by atoms with Crippen LogP contribution in [0.25, 0.3) is 0 Å². The Labute approximate surface area is 176 Å². The zero-order valence-corrected chi connectivity index (χ0v) is 17.4. The summed E-state index contributed by atoms with van der Waals surface area (Å²) in [6.45, 7) is 2.60. The summed E-state index contributed by atoms with van der Waals surface area (Å²) in [5.74, 6) is -0.682. The summed E-state index contributed by atoms with van der Waals surface area (Å²) in [4.78, 5) is 14.5. The molecule has 0 aromatic heterocycles. The Morgan fingerprint density at radius 1 is 0.933 bits per heavy atom. The van der Waals surface area contributed by atoms with Crippen molar-refractivity contribution in [3.8, 4) is 0 Å². The number of hydrogen-bond donors (Lipinski definition) is 1. The fourth-order valence-electron chi connectivity index (χ4n) is 3.75. The van der Waals surface area contributed by atoms with Crippen LogP contribution in [0, 0.1) is 6.92 Å². The van der Waals surface area contributed by atoms with Crippen LogP contribution >= 0.6 is 0 Å². The number of aryl methyl sites for hydroxylation is 1. The normalized spacial score (nSPS) is 16.2. The summed E-state index contributed by atoms with van der Waals surface area (Å²) < 4.78 is 28.3. The molecule has 0 fully saturated rings. The number of para-hydroxylation sites is 2. The van der Waals surface area contributed by atoms with E-state index in [2.05, 4.69) is 0 Å². The quantitative estimate of drug-likeness (QED) is 0.686. The molecule has 4 rings (SSSR count). The van der Waals surface area contributed by atoms with E-state index in [1.165, 1.54) is 4.31 Å². The predicted molar refractivity (Wildman–Crippen MR) is 118 cm³/mol. The number of nitrogens with zero attached hydrogens (tertiary/aromatic N) is 2. The van der Waals surface area contributed by atoms with E-state index in [4.69, 9.17) is 5.73 Å². The van der Waals surface area contributed by atoms with Crippen molar-refractivity contribution in [3.05, 3.63) is 90.0 Å². The molecule has 3 aromatic rings. The van der Waals surface area contributed by atoms with E-state index in [1.807, 2.05) is 54.3 Å². The molecule has 0 spiro atoms. The van der Waals surface area contributed by atoms with Crippen LogP contribution in [-0.4, -0.2) is 26.9 Å². The van der Waals surface area contributed by atoms with Crippen molar-refractivity contribution in [1.82, 2.24) is 0 Å². The molecular weight excluding hydrogens is 398 g/mol. The summed E-state index contributed by atoms with van der Waals surface area (Å²) >= 11 is 0. The standard InChI is InChI=1S/C23H23N3O3S/c1-17-11-13-19(14-12-17)30(28,29)26-21-10-6-5-9-20(21)25(16-22(26)23(24)27)15-18-7-3-2-4-8-18/h2-14,22H,15-16H2,1H3,(H2,24,27)/t22-/m0/s1. The van der Waals surface area contributed by atoms with E-state index in [-0.39, 0.29) is 11.4 Å². The molecule has 1 amide bonds. The lowest BCUT2D eigenvalue weighted by Gasteiger charge is -2.42. The lowest BCUT2D eigenvalue weighted by molar-refractivity contribution is -0.118. The van der Waals surface area contributed by atoms with Gasteiger partial charge in [-0.05, 0) is 36.8 Å². The lowest BCUT2D eigenvalue weighted by atomic mass is 10.1. The lowest BCUT2D eigenvalue weighted by Crippen LogP contribution is -2.57. The molecule has 0 saturated carbocycles. The van der Waals surface area contributed by atoms with Crippen molar-refractivity contribution in [3.63, 3.8) is 0 Å². The maximum atomic E-state index is 13.5. The maximum Gasteiger partial charge on any atom is 0.265 e. The first-order valence-corrected chi connectivity index (χ1v) is 11.1. The molecule has 3 aromatic carbocycles. The molecule has 2 N–H and O–H groups in total. The van der Waals surface area contributed by atoms with Crippen LogP contribution in [0.5, 0.6) is 0 Å². The number of benzene rings is 3. The average Bonchev–Trinajstić information content (AvgIpc) is 2.74. The topological polar surface area (TPSA) is 83.7 Å². The number of fused-ring (bicyclic) bond motifs is 1. The highest BCUT2D eigenvalue weighted by Gasteiger charge is 2.41. The smallest absolute Gasteiger partial charge is 0.265 e. The Morgan fingerprint density at radius 3 is 2.17 bits per heavy atom. The molecule has 0 radical (unpaired) electrons. The molecular formula is C23H23N3O3S. The summed E-state index contributed by atoms with van der Waals surface area (Å²) in [5, 5.41) is 0. The highest BCUT2D eigenvalue weighted by Crippen LogP contribution is 2.39. The Morgan fingerprint density at radius 2 is 1.53 bits per heavy atom. The van der Waals surface area contributed by atoms with E-state index in [0.717, 1.165) is 16.8 Å². The van der Waals surface area contributed by atoms with Crippen molar-refractivity contribution < 1.29 is 13.2 Å². The second-order valence-electron chi connectivity index (χ2n) is 7.39. The molecule has 1 aliphatic heterocycles. The summed E-state index contributed by atoms with van der Waals surface area (Å²) in [5.41, 5.74) is 8.90. The third-order valence-electron chi connectivity index (χ3n) is 5.26. The van der Waals surface area contributed by atoms with Gasteiger partial charge in [0.1, 0.15) is 6.04 Å². The molecule has 30 heavy (non-hydrogen) atoms. The Hall–Kier alpha value is -3.32. The number of anilines is 2. The van der Waals surface area contributed by atoms with Gasteiger partial charge in [0.25, 0.3) is 10.0 Å². The van der Waals surface area contributed by atoms with Crippen LogP contribution in [0.4, 0.5) is 11.4 Å². The van der Waals surface area contributed by atoms with Crippen LogP contribution in [-0.2, 0) is 21.4 Å². The maximum absolute atomic E-state index is 13.5. The van der Waals surface area contributed by atoms with Crippen molar-refractivity contribution in [2.24, 2.45) is 5.73 Å². The highest BCUT2D eigenvalue weighted by molar-refractivity contribution is 7.93. The van der Waals surface area contributed by atoms with Crippen molar-refractivity contribution in [2.75, 3.05) is 15.7 Å². The van der Waals surface area contributed by atoms with Crippen LogP contribution < -0.4 is 14.9 Å².